The minimum absolute atomic E-state index is 0.167. The Bertz CT molecular complexity index is 713. The average molecular weight is 312 g/mol. The monoisotopic (exact) mass is 312 g/mol. The van der Waals surface area contributed by atoms with E-state index in [-0.39, 0.29) is 11.9 Å². The zero-order valence-corrected chi connectivity index (χ0v) is 14.3. The number of rotatable bonds is 3. The smallest absolute Gasteiger partial charge is 0.227 e. The first-order valence-electron chi connectivity index (χ1n) is 8.25. The van der Waals surface area contributed by atoms with Gasteiger partial charge in [0.2, 0.25) is 5.91 Å². The van der Waals surface area contributed by atoms with E-state index < -0.39 is 0 Å². The van der Waals surface area contributed by atoms with Gasteiger partial charge in [0.05, 0.1) is 18.2 Å². The van der Waals surface area contributed by atoms with Gasteiger partial charge < -0.3 is 9.42 Å². The predicted molar refractivity (Wildman–Crippen MR) is 89.3 cm³/mol. The summed E-state index contributed by atoms with van der Waals surface area (Å²) in [5.41, 5.74) is 5.57. The third kappa shape index (κ3) is 3.03. The van der Waals surface area contributed by atoms with E-state index in [0.29, 0.717) is 6.42 Å². The Labute approximate surface area is 137 Å². The van der Waals surface area contributed by atoms with Crippen LogP contribution in [-0.4, -0.2) is 22.5 Å². The van der Waals surface area contributed by atoms with Crippen LogP contribution in [-0.2, 0) is 11.2 Å². The molecule has 23 heavy (non-hydrogen) atoms. The van der Waals surface area contributed by atoms with E-state index in [0.717, 1.165) is 36.4 Å². The Morgan fingerprint density at radius 2 is 2.04 bits per heavy atom. The van der Waals surface area contributed by atoms with Crippen LogP contribution in [0.25, 0.3) is 0 Å². The second-order valence-corrected chi connectivity index (χ2v) is 6.57. The number of amides is 1. The minimum Gasteiger partial charge on any atom is -0.361 e. The van der Waals surface area contributed by atoms with Crippen LogP contribution >= 0.6 is 0 Å². The Morgan fingerprint density at radius 3 is 2.70 bits per heavy atom. The van der Waals surface area contributed by atoms with Crippen molar-refractivity contribution in [2.75, 3.05) is 6.54 Å². The molecule has 0 aliphatic carbocycles. The molecule has 1 amide bonds. The van der Waals surface area contributed by atoms with Crippen LogP contribution in [0.1, 0.15) is 52.6 Å². The number of hydrogen-bond donors (Lipinski definition) is 0. The summed E-state index contributed by atoms with van der Waals surface area (Å²) in [6.07, 6.45) is 2.48. The van der Waals surface area contributed by atoms with Gasteiger partial charge in [0.25, 0.3) is 0 Å². The second kappa shape index (κ2) is 6.19. The van der Waals surface area contributed by atoms with Crippen molar-refractivity contribution in [2.45, 2.75) is 53.0 Å². The molecule has 1 saturated heterocycles. The lowest BCUT2D eigenvalue weighted by Crippen LogP contribution is -2.32. The van der Waals surface area contributed by atoms with E-state index in [4.69, 9.17) is 4.52 Å². The third-order valence-corrected chi connectivity index (χ3v) is 5.00. The molecule has 1 aromatic carbocycles. The van der Waals surface area contributed by atoms with Gasteiger partial charge in [-0.1, -0.05) is 23.4 Å². The van der Waals surface area contributed by atoms with Gasteiger partial charge in [-0.2, -0.15) is 0 Å². The Balaban J connectivity index is 1.81. The lowest BCUT2D eigenvalue weighted by Gasteiger charge is -2.25. The topological polar surface area (TPSA) is 46.3 Å². The van der Waals surface area contributed by atoms with Gasteiger partial charge in [-0.25, -0.2) is 0 Å². The first-order chi connectivity index (χ1) is 11.0. The highest BCUT2D eigenvalue weighted by atomic mass is 16.5. The SMILES string of the molecule is Cc1ccc([C@H]2CCCN2C(=O)Cc2c(C)noc2C)cc1C. The van der Waals surface area contributed by atoms with E-state index in [1.54, 1.807) is 0 Å². The number of aromatic nitrogens is 1. The summed E-state index contributed by atoms with van der Waals surface area (Å²) >= 11 is 0. The maximum Gasteiger partial charge on any atom is 0.227 e. The van der Waals surface area contributed by atoms with E-state index in [1.165, 1.54) is 16.7 Å². The molecule has 1 aromatic heterocycles. The van der Waals surface area contributed by atoms with Crippen molar-refractivity contribution in [1.82, 2.24) is 10.1 Å². The fraction of sp³-hybridized carbons (Fsp3) is 0.474. The molecular weight excluding hydrogens is 288 g/mol. The number of hydrogen-bond acceptors (Lipinski definition) is 3. The Hall–Kier alpha value is -2.10. The quantitative estimate of drug-likeness (QED) is 0.865. The van der Waals surface area contributed by atoms with E-state index in [1.807, 2.05) is 18.7 Å². The maximum atomic E-state index is 12.8. The molecule has 0 unspecified atom stereocenters. The summed E-state index contributed by atoms with van der Waals surface area (Å²) in [5.74, 6) is 0.915. The number of aryl methyl sites for hydroxylation is 4. The van der Waals surface area contributed by atoms with Crippen molar-refractivity contribution in [3.8, 4) is 0 Å². The molecule has 2 aromatic rings. The summed E-state index contributed by atoms with van der Waals surface area (Å²) < 4.78 is 5.18. The summed E-state index contributed by atoms with van der Waals surface area (Å²) in [7, 11) is 0. The van der Waals surface area contributed by atoms with Crippen LogP contribution in [0.3, 0.4) is 0 Å². The highest BCUT2D eigenvalue weighted by Crippen LogP contribution is 2.33. The van der Waals surface area contributed by atoms with Gasteiger partial charge >= 0.3 is 0 Å². The molecule has 1 fully saturated rings. The number of benzene rings is 1. The van der Waals surface area contributed by atoms with Crippen molar-refractivity contribution in [3.05, 3.63) is 51.9 Å². The number of likely N-dealkylation sites (tertiary alicyclic amines) is 1. The van der Waals surface area contributed by atoms with Gasteiger partial charge in [-0.3, -0.25) is 4.79 Å². The van der Waals surface area contributed by atoms with Crippen molar-refractivity contribution in [2.24, 2.45) is 0 Å². The molecule has 0 N–H and O–H groups in total. The zero-order valence-electron chi connectivity index (χ0n) is 14.3. The summed E-state index contributed by atoms with van der Waals surface area (Å²) in [6.45, 7) is 8.84. The average Bonchev–Trinajstić information content (AvgIpc) is 3.12. The number of nitrogens with zero attached hydrogens (tertiary/aromatic N) is 2. The number of carbonyl (C=O) groups is 1. The van der Waals surface area contributed by atoms with E-state index >= 15 is 0 Å². The van der Waals surface area contributed by atoms with Gasteiger partial charge in [0.15, 0.2) is 0 Å². The van der Waals surface area contributed by atoms with Crippen molar-refractivity contribution >= 4 is 5.91 Å². The van der Waals surface area contributed by atoms with Crippen LogP contribution < -0.4 is 0 Å². The molecule has 1 aliphatic rings. The fourth-order valence-electron chi connectivity index (χ4n) is 3.39. The molecule has 0 bridgehead atoms. The van der Waals surface area contributed by atoms with E-state index in [9.17, 15) is 4.79 Å². The molecule has 2 heterocycles. The van der Waals surface area contributed by atoms with Crippen molar-refractivity contribution < 1.29 is 9.32 Å². The summed E-state index contributed by atoms with van der Waals surface area (Å²) in [4.78, 5) is 14.8. The van der Waals surface area contributed by atoms with Crippen LogP contribution in [0.5, 0.6) is 0 Å². The standard InChI is InChI=1S/C19H24N2O2/c1-12-7-8-16(10-13(12)2)18-6-5-9-21(18)19(22)11-17-14(3)20-23-15(17)4/h7-8,10,18H,5-6,9,11H2,1-4H3/t18-/m1/s1. The molecule has 3 rings (SSSR count). The van der Waals surface area contributed by atoms with Crippen LogP contribution in [0.4, 0.5) is 0 Å². The van der Waals surface area contributed by atoms with Crippen molar-refractivity contribution in [3.63, 3.8) is 0 Å². The lowest BCUT2D eigenvalue weighted by atomic mass is 9.99. The highest BCUT2D eigenvalue weighted by Gasteiger charge is 2.30. The molecule has 0 saturated carbocycles. The van der Waals surface area contributed by atoms with Crippen molar-refractivity contribution in [1.29, 1.82) is 0 Å². The van der Waals surface area contributed by atoms with Gasteiger partial charge in [0, 0.05) is 12.1 Å². The molecule has 4 nitrogen and oxygen atoms in total. The summed E-state index contributed by atoms with van der Waals surface area (Å²) in [6, 6.07) is 6.73. The molecular formula is C19H24N2O2. The van der Waals surface area contributed by atoms with Crippen LogP contribution in [0, 0.1) is 27.7 Å². The van der Waals surface area contributed by atoms with Gasteiger partial charge in [0.1, 0.15) is 5.76 Å². The molecule has 1 atom stereocenters. The lowest BCUT2D eigenvalue weighted by molar-refractivity contribution is -0.131. The first-order valence-corrected chi connectivity index (χ1v) is 8.25. The zero-order chi connectivity index (χ0) is 16.6. The van der Waals surface area contributed by atoms with Crippen LogP contribution in [0.15, 0.2) is 22.7 Å². The first kappa shape index (κ1) is 15.8. The van der Waals surface area contributed by atoms with Crippen LogP contribution in [0.2, 0.25) is 0 Å². The number of carbonyl (C=O) groups excluding carboxylic acids is 1. The largest absolute Gasteiger partial charge is 0.361 e. The fourth-order valence-corrected chi connectivity index (χ4v) is 3.39. The summed E-state index contributed by atoms with van der Waals surface area (Å²) in [5, 5.41) is 3.95. The molecule has 122 valence electrons. The normalized spacial score (nSPS) is 17.7. The predicted octanol–water partition coefficient (Wildman–Crippen LogP) is 3.81. The molecule has 4 heteroatoms. The molecule has 0 radical (unpaired) electrons. The molecule has 1 aliphatic heterocycles. The third-order valence-electron chi connectivity index (χ3n) is 5.00. The van der Waals surface area contributed by atoms with Gasteiger partial charge in [-0.15, -0.1) is 0 Å². The second-order valence-electron chi connectivity index (χ2n) is 6.57. The van der Waals surface area contributed by atoms with Gasteiger partial charge in [-0.05, 0) is 57.2 Å². The maximum absolute atomic E-state index is 12.8. The van der Waals surface area contributed by atoms with E-state index in [2.05, 4.69) is 37.2 Å². The minimum atomic E-state index is 0.167. The Kier molecular flexibility index (Phi) is 4.24. The molecule has 0 spiro atoms. The highest BCUT2D eigenvalue weighted by molar-refractivity contribution is 5.80. The Morgan fingerprint density at radius 1 is 1.26 bits per heavy atom.